The Morgan fingerprint density at radius 2 is 1.64 bits per heavy atom. The number of amides is 1. The molecular formula is C22H25ClN4O. The Labute approximate surface area is 172 Å². The van der Waals surface area contributed by atoms with Gasteiger partial charge in [0.1, 0.15) is 0 Å². The molecule has 1 saturated heterocycles. The predicted molar refractivity (Wildman–Crippen MR) is 114 cm³/mol. The molecule has 1 aliphatic rings. The number of halogens is 1. The third kappa shape index (κ3) is 4.37. The van der Waals surface area contributed by atoms with Gasteiger partial charge in [-0.1, -0.05) is 48.0 Å². The number of rotatable bonds is 4. The third-order valence-corrected chi connectivity index (χ3v) is 5.05. The monoisotopic (exact) mass is 396 g/mol. The Hall–Kier alpha value is -2.79. The first-order valence-corrected chi connectivity index (χ1v) is 9.38. The van der Waals surface area contributed by atoms with Gasteiger partial charge in [0.2, 0.25) is 11.9 Å². The van der Waals surface area contributed by atoms with Crippen LogP contribution in [0, 0.1) is 6.92 Å². The molecule has 0 unspecified atom stereocenters. The minimum Gasteiger partial charge on any atom is -0.339 e. The standard InChI is InChI=1S/C22H24N4O.ClH/c1-18-7-9-20(10-8-18)26-12-11-23-22(26)25-15-13-24(14-16-25)21(27)17-19-5-3-2-4-6-19;/h2-12H,13-17H2,1H3;1H. The van der Waals surface area contributed by atoms with Crippen molar-refractivity contribution in [3.05, 3.63) is 78.1 Å². The van der Waals surface area contributed by atoms with Crippen molar-refractivity contribution < 1.29 is 4.79 Å². The van der Waals surface area contributed by atoms with Gasteiger partial charge in [0.15, 0.2) is 0 Å². The van der Waals surface area contributed by atoms with E-state index in [2.05, 4.69) is 45.6 Å². The molecule has 1 aromatic heterocycles. The van der Waals surface area contributed by atoms with E-state index in [0.717, 1.165) is 43.4 Å². The fourth-order valence-electron chi connectivity index (χ4n) is 3.47. The second kappa shape index (κ2) is 8.93. The Morgan fingerprint density at radius 3 is 2.32 bits per heavy atom. The first-order chi connectivity index (χ1) is 13.2. The van der Waals surface area contributed by atoms with Crippen LogP contribution < -0.4 is 4.90 Å². The normalized spacial score (nSPS) is 13.9. The zero-order valence-electron chi connectivity index (χ0n) is 16.0. The van der Waals surface area contributed by atoms with E-state index < -0.39 is 0 Å². The highest BCUT2D eigenvalue weighted by Crippen LogP contribution is 2.20. The minimum atomic E-state index is 0. The van der Waals surface area contributed by atoms with E-state index in [0.29, 0.717) is 6.42 Å². The number of aryl methyl sites for hydroxylation is 1. The molecule has 0 N–H and O–H groups in total. The summed E-state index contributed by atoms with van der Waals surface area (Å²) in [4.78, 5) is 21.3. The minimum absolute atomic E-state index is 0. The largest absolute Gasteiger partial charge is 0.339 e. The van der Waals surface area contributed by atoms with Gasteiger partial charge in [-0.05, 0) is 24.6 Å². The van der Waals surface area contributed by atoms with E-state index in [9.17, 15) is 4.79 Å². The Morgan fingerprint density at radius 1 is 0.964 bits per heavy atom. The molecule has 146 valence electrons. The van der Waals surface area contributed by atoms with Crippen LogP contribution in [0.1, 0.15) is 11.1 Å². The topological polar surface area (TPSA) is 41.4 Å². The highest BCUT2D eigenvalue weighted by Gasteiger charge is 2.23. The molecule has 3 aromatic rings. The highest BCUT2D eigenvalue weighted by molar-refractivity contribution is 5.85. The van der Waals surface area contributed by atoms with Crippen molar-refractivity contribution in [1.82, 2.24) is 14.5 Å². The van der Waals surface area contributed by atoms with Gasteiger partial charge in [-0.3, -0.25) is 9.36 Å². The van der Waals surface area contributed by atoms with Crippen LogP contribution in [-0.4, -0.2) is 46.5 Å². The maximum atomic E-state index is 12.6. The molecule has 1 amide bonds. The van der Waals surface area contributed by atoms with E-state index in [1.54, 1.807) is 0 Å². The second-order valence-corrected chi connectivity index (χ2v) is 6.96. The lowest BCUT2D eigenvalue weighted by Crippen LogP contribution is -2.49. The van der Waals surface area contributed by atoms with E-state index in [1.165, 1.54) is 5.56 Å². The predicted octanol–water partition coefficient (Wildman–Crippen LogP) is 3.49. The molecule has 6 heteroatoms. The average Bonchev–Trinajstić information content (AvgIpc) is 3.19. The molecule has 0 spiro atoms. The Bertz CT molecular complexity index is 900. The fraction of sp³-hybridized carbons (Fsp3) is 0.273. The van der Waals surface area contributed by atoms with Gasteiger partial charge < -0.3 is 9.80 Å². The summed E-state index contributed by atoms with van der Waals surface area (Å²) in [6.45, 7) is 5.13. The van der Waals surface area contributed by atoms with Crippen molar-refractivity contribution >= 4 is 24.3 Å². The third-order valence-electron chi connectivity index (χ3n) is 5.05. The van der Waals surface area contributed by atoms with E-state index in [-0.39, 0.29) is 18.3 Å². The van der Waals surface area contributed by atoms with Crippen molar-refractivity contribution in [1.29, 1.82) is 0 Å². The smallest absolute Gasteiger partial charge is 0.227 e. The highest BCUT2D eigenvalue weighted by atomic mass is 35.5. The molecule has 0 atom stereocenters. The summed E-state index contributed by atoms with van der Waals surface area (Å²) in [6.07, 6.45) is 4.30. The molecule has 1 aliphatic heterocycles. The quantitative estimate of drug-likeness (QED) is 0.677. The van der Waals surface area contributed by atoms with Gasteiger partial charge in [-0.15, -0.1) is 12.4 Å². The maximum Gasteiger partial charge on any atom is 0.227 e. The molecule has 28 heavy (non-hydrogen) atoms. The summed E-state index contributed by atoms with van der Waals surface area (Å²) in [5.74, 6) is 1.14. The lowest BCUT2D eigenvalue weighted by atomic mass is 10.1. The fourth-order valence-corrected chi connectivity index (χ4v) is 3.47. The Balaban J connectivity index is 0.00000225. The summed E-state index contributed by atoms with van der Waals surface area (Å²) in [5, 5.41) is 0. The van der Waals surface area contributed by atoms with Gasteiger partial charge in [0, 0.05) is 44.3 Å². The molecule has 0 saturated carbocycles. The van der Waals surface area contributed by atoms with Crippen LogP contribution in [-0.2, 0) is 11.2 Å². The van der Waals surface area contributed by atoms with Crippen molar-refractivity contribution in [3.8, 4) is 5.69 Å². The van der Waals surface area contributed by atoms with Crippen LogP contribution in [0.2, 0.25) is 0 Å². The lowest BCUT2D eigenvalue weighted by Gasteiger charge is -2.35. The van der Waals surface area contributed by atoms with Crippen LogP contribution in [0.4, 0.5) is 5.95 Å². The number of hydrogen-bond donors (Lipinski definition) is 0. The van der Waals surface area contributed by atoms with E-state index >= 15 is 0 Å². The van der Waals surface area contributed by atoms with E-state index in [4.69, 9.17) is 0 Å². The number of anilines is 1. The van der Waals surface area contributed by atoms with Crippen molar-refractivity contribution in [3.63, 3.8) is 0 Å². The zero-order chi connectivity index (χ0) is 18.6. The van der Waals surface area contributed by atoms with Crippen LogP contribution in [0.5, 0.6) is 0 Å². The maximum absolute atomic E-state index is 12.6. The van der Waals surface area contributed by atoms with Crippen molar-refractivity contribution in [2.75, 3.05) is 31.1 Å². The summed E-state index contributed by atoms with van der Waals surface area (Å²) < 4.78 is 2.11. The summed E-state index contributed by atoms with van der Waals surface area (Å²) in [5.41, 5.74) is 3.42. The van der Waals surface area contributed by atoms with Crippen LogP contribution in [0.3, 0.4) is 0 Å². The molecule has 2 heterocycles. The number of benzene rings is 2. The summed E-state index contributed by atoms with van der Waals surface area (Å²) >= 11 is 0. The van der Waals surface area contributed by atoms with E-state index in [1.807, 2.05) is 47.6 Å². The molecule has 2 aromatic carbocycles. The van der Waals surface area contributed by atoms with Crippen molar-refractivity contribution in [2.24, 2.45) is 0 Å². The molecule has 1 fully saturated rings. The van der Waals surface area contributed by atoms with Crippen LogP contribution in [0.25, 0.3) is 5.69 Å². The number of aromatic nitrogens is 2. The van der Waals surface area contributed by atoms with Gasteiger partial charge in [0.05, 0.1) is 6.42 Å². The number of imidazole rings is 1. The molecule has 5 nitrogen and oxygen atoms in total. The number of nitrogens with zero attached hydrogens (tertiary/aromatic N) is 4. The molecule has 0 aliphatic carbocycles. The van der Waals surface area contributed by atoms with Gasteiger partial charge in [0.25, 0.3) is 0 Å². The molecule has 0 bridgehead atoms. The number of piperazine rings is 1. The number of carbonyl (C=O) groups is 1. The summed E-state index contributed by atoms with van der Waals surface area (Å²) in [6, 6.07) is 18.4. The Kier molecular flexibility index (Phi) is 6.37. The first kappa shape index (κ1) is 20.0. The van der Waals surface area contributed by atoms with Crippen LogP contribution in [0.15, 0.2) is 67.0 Å². The lowest BCUT2D eigenvalue weighted by molar-refractivity contribution is -0.130. The molecular weight excluding hydrogens is 372 g/mol. The molecule has 4 rings (SSSR count). The van der Waals surface area contributed by atoms with Crippen LogP contribution >= 0.6 is 12.4 Å². The van der Waals surface area contributed by atoms with Gasteiger partial charge in [-0.25, -0.2) is 4.98 Å². The van der Waals surface area contributed by atoms with Crippen molar-refractivity contribution in [2.45, 2.75) is 13.3 Å². The average molecular weight is 397 g/mol. The summed E-state index contributed by atoms with van der Waals surface area (Å²) in [7, 11) is 0. The molecule has 0 radical (unpaired) electrons. The second-order valence-electron chi connectivity index (χ2n) is 6.96. The zero-order valence-corrected chi connectivity index (χ0v) is 16.8. The number of hydrogen-bond acceptors (Lipinski definition) is 3. The SMILES string of the molecule is Cc1ccc(-n2ccnc2N2CCN(C(=O)Cc3ccccc3)CC2)cc1.Cl. The van der Waals surface area contributed by atoms with Gasteiger partial charge in [-0.2, -0.15) is 0 Å². The number of carbonyl (C=O) groups excluding carboxylic acids is 1. The van der Waals surface area contributed by atoms with Gasteiger partial charge >= 0.3 is 0 Å². The first-order valence-electron chi connectivity index (χ1n) is 9.38.